The quantitative estimate of drug-likeness (QED) is 0.845. The lowest BCUT2D eigenvalue weighted by atomic mass is 10.1. The fraction of sp³-hybridized carbons (Fsp3) is 0.462. The summed E-state index contributed by atoms with van der Waals surface area (Å²) in [5.41, 5.74) is 0.651. The lowest BCUT2D eigenvalue weighted by Gasteiger charge is -2.09. The summed E-state index contributed by atoms with van der Waals surface area (Å²) in [5, 5.41) is 0. The standard InChI is InChI=1S/C13H14F3NO2/c1-8(2)11-7-18-12(17-11)9-3-5-10(6-4-9)19-13(14,15)16/h3-6,8,11H,7H2,1-2H3/t11-/m1/s1. The number of ether oxygens (including phenoxy) is 2. The molecule has 1 aromatic carbocycles. The van der Waals surface area contributed by atoms with E-state index in [1.807, 2.05) is 13.8 Å². The van der Waals surface area contributed by atoms with Crippen molar-refractivity contribution in [3.63, 3.8) is 0 Å². The Morgan fingerprint density at radius 3 is 2.37 bits per heavy atom. The first-order valence-electron chi connectivity index (χ1n) is 5.92. The van der Waals surface area contributed by atoms with E-state index in [-0.39, 0.29) is 11.8 Å². The van der Waals surface area contributed by atoms with Crippen LogP contribution < -0.4 is 4.74 Å². The molecule has 1 aromatic rings. The van der Waals surface area contributed by atoms with Gasteiger partial charge in [-0.05, 0) is 30.2 Å². The van der Waals surface area contributed by atoms with Gasteiger partial charge in [-0.3, -0.25) is 0 Å². The minimum absolute atomic E-state index is 0.0982. The van der Waals surface area contributed by atoms with Gasteiger partial charge in [0.2, 0.25) is 5.90 Å². The smallest absolute Gasteiger partial charge is 0.475 e. The number of nitrogens with zero attached hydrogens (tertiary/aromatic N) is 1. The van der Waals surface area contributed by atoms with E-state index in [9.17, 15) is 13.2 Å². The van der Waals surface area contributed by atoms with E-state index >= 15 is 0 Å². The zero-order valence-electron chi connectivity index (χ0n) is 10.6. The maximum Gasteiger partial charge on any atom is 0.573 e. The van der Waals surface area contributed by atoms with Crippen LogP contribution in [0, 0.1) is 5.92 Å². The van der Waals surface area contributed by atoms with Gasteiger partial charge in [0, 0.05) is 5.56 Å². The Kier molecular flexibility index (Phi) is 3.68. The van der Waals surface area contributed by atoms with E-state index in [0.29, 0.717) is 24.0 Å². The van der Waals surface area contributed by atoms with Crippen LogP contribution in [0.1, 0.15) is 19.4 Å². The molecule has 6 heteroatoms. The van der Waals surface area contributed by atoms with E-state index < -0.39 is 6.36 Å². The van der Waals surface area contributed by atoms with E-state index in [1.54, 1.807) is 0 Å². The second-order valence-corrected chi connectivity index (χ2v) is 4.63. The highest BCUT2D eigenvalue weighted by Gasteiger charge is 2.31. The second kappa shape index (κ2) is 5.11. The molecule has 104 valence electrons. The number of alkyl halides is 3. The van der Waals surface area contributed by atoms with Crippen LogP contribution in [0.2, 0.25) is 0 Å². The van der Waals surface area contributed by atoms with E-state index in [0.717, 1.165) is 0 Å². The highest BCUT2D eigenvalue weighted by Crippen LogP contribution is 2.24. The van der Waals surface area contributed by atoms with Gasteiger partial charge in [-0.2, -0.15) is 0 Å². The summed E-state index contributed by atoms with van der Waals surface area (Å²) >= 11 is 0. The largest absolute Gasteiger partial charge is 0.573 e. The third-order valence-electron chi connectivity index (χ3n) is 2.78. The van der Waals surface area contributed by atoms with Gasteiger partial charge < -0.3 is 9.47 Å². The van der Waals surface area contributed by atoms with Crippen LogP contribution in [0.15, 0.2) is 29.3 Å². The van der Waals surface area contributed by atoms with Gasteiger partial charge in [-0.15, -0.1) is 13.2 Å². The molecule has 1 aliphatic heterocycles. The van der Waals surface area contributed by atoms with Crippen molar-refractivity contribution in [2.24, 2.45) is 10.9 Å². The third kappa shape index (κ3) is 3.62. The third-order valence-corrected chi connectivity index (χ3v) is 2.78. The molecule has 2 rings (SSSR count). The Labute approximate surface area is 109 Å². The lowest BCUT2D eigenvalue weighted by Crippen LogP contribution is -2.17. The van der Waals surface area contributed by atoms with Crippen molar-refractivity contribution >= 4 is 5.90 Å². The highest BCUT2D eigenvalue weighted by atomic mass is 19.4. The van der Waals surface area contributed by atoms with Gasteiger partial charge in [-0.25, -0.2) is 4.99 Å². The van der Waals surface area contributed by atoms with Crippen LogP contribution in [0.3, 0.4) is 0 Å². The summed E-state index contributed by atoms with van der Waals surface area (Å²) < 4.78 is 45.3. The van der Waals surface area contributed by atoms with Crippen LogP contribution in [0.25, 0.3) is 0 Å². The molecule has 3 nitrogen and oxygen atoms in total. The monoisotopic (exact) mass is 273 g/mol. The Morgan fingerprint density at radius 1 is 1.26 bits per heavy atom. The van der Waals surface area contributed by atoms with Gasteiger partial charge in [0.15, 0.2) is 0 Å². The number of halogens is 3. The number of rotatable bonds is 3. The molecule has 1 aliphatic rings. The van der Waals surface area contributed by atoms with Gasteiger partial charge in [-0.1, -0.05) is 13.8 Å². The minimum Gasteiger partial charge on any atom is -0.475 e. The van der Waals surface area contributed by atoms with Crippen LogP contribution in [-0.2, 0) is 4.74 Å². The summed E-state index contributed by atoms with van der Waals surface area (Å²) in [6.45, 7) is 4.59. The van der Waals surface area contributed by atoms with Crippen LogP contribution >= 0.6 is 0 Å². The molecule has 19 heavy (non-hydrogen) atoms. The summed E-state index contributed by atoms with van der Waals surface area (Å²) in [6.07, 6.45) is -4.67. The summed E-state index contributed by atoms with van der Waals surface area (Å²) in [5.74, 6) is 0.581. The first kappa shape index (κ1) is 13.7. The molecule has 0 unspecified atom stereocenters. The van der Waals surface area contributed by atoms with E-state index in [4.69, 9.17) is 4.74 Å². The average Bonchev–Trinajstić information content (AvgIpc) is 2.77. The van der Waals surface area contributed by atoms with Crippen molar-refractivity contribution in [3.8, 4) is 5.75 Å². The molecule has 0 bridgehead atoms. The van der Waals surface area contributed by atoms with E-state index in [2.05, 4.69) is 9.73 Å². The highest BCUT2D eigenvalue weighted by molar-refractivity contribution is 5.95. The molecule has 0 radical (unpaired) electrons. The maximum absolute atomic E-state index is 12.0. The molecule has 0 aliphatic carbocycles. The molecule has 1 heterocycles. The second-order valence-electron chi connectivity index (χ2n) is 4.63. The molecule has 0 saturated carbocycles. The van der Waals surface area contributed by atoms with Crippen molar-refractivity contribution in [1.82, 2.24) is 0 Å². The molecule has 0 N–H and O–H groups in total. The SMILES string of the molecule is CC(C)[C@H]1COC(c2ccc(OC(F)(F)F)cc2)=N1. The fourth-order valence-electron chi connectivity index (χ4n) is 1.69. The Hall–Kier alpha value is -1.72. The molecule has 0 aromatic heterocycles. The molecule has 0 saturated heterocycles. The fourth-order valence-corrected chi connectivity index (χ4v) is 1.69. The Balaban J connectivity index is 2.09. The summed E-state index contributed by atoms with van der Waals surface area (Å²) in [6, 6.07) is 5.60. The number of aliphatic imine (C=N–C) groups is 1. The van der Waals surface area contributed by atoms with Gasteiger partial charge in [0.05, 0.1) is 6.04 Å². The average molecular weight is 273 g/mol. The minimum atomic E-state index is -4.67. The number of hydrogen-bond acceptors (Lipinski definition) is 3. The summed E-state index contributed by atoms with van der Waals surface area (Å²) in [4.78, 5) is 4.39. The zero-order valence-corrected chi connectivity index (χ0v) is 10.6. The first-order valence-corrected chi connectivity index (χ1v) is 5.92. The molecule has 0 amide bonds. The predicted molar refractivity (Wildman–Crippen MR) is 64.2 cm³/mol. The number of benzene rings is 1. The first-order chi connectivity index (χ1) is 8.85. The zero-order chi connectivity index (χ0) is 14.0. The van der Waals surface area contributed by atoms with Crippen molar-refractivity contribution < 1.29 is 22.6 Å². The van der Waals surface area contributed by atoms with Crippen LogP contribution in [0.5, 0.6) is 5.75 Å². The van der Waals surface area contributed by atoms with Crippen molar-refractivity contribution in [3.05, 3.63) is 29.8 Å². The van der Waals surface area contributed by atoms with Gasteiger partial charge in [0.25, 0.3) is 0 Å². The Morgan fingerprint density at radius 2 is 1.89 bits per heavy atom. The van der Waals surface area contributed by atoms with Crippen LogP contribution in [-0.4, -0.2) is 24.9 Å². The van der Waals surface area contributed by atoms with Gasteiger partial charge in [0.1, 0.15) is 12.4 Å². The van der Waals surface area contributed by atoms with Crippen molar-refractivity contribution in [1.29, 1.82) is 0 Å². The van der Waals surface area contributed by atoms with Crippen LogP contribution in [0.4, 0.5) is 13.2 Å². The molecule has 1 atom stereocenters. The Bertz CT molecular complexity index is 466. The van der Waals surface area contributed by atoms with E-state index in [1.165, 1.54) is 24.3 Å². The predicted octanol–water partition coefficient (Wildman–Crippen LogP) is 3.39. The number of hydrogen-bond donors (Lipinski definition) is 0. The molecule has 0 spiro atoms. The van der Waals surface area contributed by atoms with Crippen molar-refractivity contribution in [2.45, 2.75) is 26.3 Å². The lowest BCUT2D eigenvalue weighted by molar-refractivity contribution is -0.274. The van der Waals surface area contributed by atoms with Gasteiger partial charge >= 0.3 is 6.36 Å². The maximum atomic E-state index is 12.0. The molecular weight excluding hydrogens is 259 g/mol. The normalized spacial score (nSPS) is 19.3. The summed E-state index contributed by atoms with van der Waals surface area (Å²) in [7, 11) is 0. The molecule has 0 fully saturated rings. The van der Waals surface area contributed by atoms with Crippen molar-refractivity contribution in [2.75, 3.05) is 6.61 Å². The topological polar surface area (TPSA) is 30.8 Å². The molecular formula is C13H14F3NO2.